The summed E-state index contributed by atoms with van der Waals surface area (Å²) in [6.45, 7) is 2.44. The van der Waals surface area contributed by atoms with Crippen LogP contribution in [-0.4, -0.2) is 21.8 Å². The number of para-hydroxylation sites is 2. The fourth-order valence-electron chi connectivity index (χ4n) is 2.53. The molecule has 1 aromatic heterocycles. The molecule has 0 aliphatic heterocycles. The second-order valence-corrected chi connectivity index (χ2v) is 5.05. The van der Waals surface area contributed by atoms with E-state index in [0.717, 1.165) is 28.2 Å². The van der Waals surface area contributed by atoms with Gasteiger partial charge >= 0.3 is 0 Å². The third-order valence-electron chi connectivity index (χ3n) is 3.70. The van der Waals surface area contributed by atoms with Crippen molar-refractivity contribution in [3.8, 4) is 5.75 Å². The summed E-state index contributed by atoms with van der Waals surface area (Å²) in [6.07, 6.45) is -0.577. The highest BCUT2D eigenvalue weighted by Gasteiger charge is 2.13. The molecule has 4 nitrogen and oxygen atoms in total. The lowest BCUT2D eigenvalue weighted by Gasteiger charge is -2.14. The van der Waals surface area contributed by atoms with E-state index in [4.69, 9.17) is 4.74 Å². The largest absolute Gasteiger partial charge is 0.497 e. The van der Waals surface area contributed by atoms with Crippen LogP contribution < -0.4 is 4.74 Å². The van der Waals surface area contributed by atoms with Gasteiger partial charge in [-0.2, -0.15) is 0 Å². The van der Waals surface area contributed by atoms with Crippen LogP contribution in [0, 0.1) is 6.92 Å². The van der Waals surface area contributed by atoms with E-state index in [1.807, 2.05) is 60.0 Å². The highest BCUT2D eigenvalue weighted by atomic mass is 16.5. The lowest BCUT2D eigenvalue weighted by Crippen LogP contribution is -2.10. The first kappa shape index (κ1) is 13.6. The first-order chi connectivity index (χ1) is 10.2. The topological polar surface area (TPSA) is 47.3 Å². The number of ether oxygens (including phenoxy) is 1. The van der Waals surface area contributed by atoms with E-state index in [2.05, 4.69) is 4.98 Å². The number of fused-ring (bicyclic) bond motifs is 1. The molecular formula is C17H18N2O2. The van der Waals surface area contributed by atoms with Gasteiger partial charge in [-0.15, -0.1) is 0 Å². The zero-order valence-electron chi connectivity index (χ0n) is 12.2. The lowest BCUT2D eigenvalue weighted by atomic mass is 10.1. The van der Waals surface area contributed by atoms with Crippen molar-refractivity contribution in [2.45, 2.75) is 19.6 Å². The van der Waals surface area contributed by atoms with Crippen molar-refractivity contribution in [1.29, 1.82) is 0 Å². The quantitative estimate of drug-likeness (QED) is 0.800. The van der Waals surface area contributed by atoms with Crippen LogP contribution in [0.5, 0.6) is 5.75 Å². The van der Waals surface area contributed by atoms with E-state index in [1.54, 1.807) is 7.11 Å². The zero-order valence-corrected chi connectivity index (χ0v) is 12.2. The lowest BCUT2D eigenvalue weighted by molar-refractivity contribution is 0.157. The number of aliphatic hydroxyl groups is 1. The highest BCUT2D eigenvalue weighted by molar-refractivity contribution is 5.75. The van der Waals surface area contributed by atoms with Gasteiger partial charge < -0.3 is 14.4 Å². The maximum atomic E-state index is 10.5. The van der Waals surface area contributed by atoms with Gasteiger partial charge in [0, 0.05) is 0 Å². The van der Waals surface area contributed by atoms with Crippen molar-refractivity contribution in [2.24, 2.45) is 0 Å². The SMILES string of the molecule is COc1ccc(C(O)Cn2c(C)nc3ccccc32)cc1. The summed E-state index contributed by atoms with van der Waals surface area (Å²) in [6, 6.07) is 15.5. The Labute approximate surface area is 123 Å². The van der Waals surface area contributed by atoms with Crippen LogP contribution >= 0.6 is 0 Å². The molecule has 21 heavy (non-hydrogen) atoms. The Morgan fingerprint density at radius 3 is 2.57 bits per heavy atom. The van der Waals surface area contributed by atoms with Gasteiger partial charge in [0.05, 0.1) is 30.8 Å². The minimum absolute atomic E-state index is 0.485. The summed E-state index contributed by atoms with van der Waals surface area (Å²) in [4.78, 5) is 4.52. The van der Waals surface area contributed by atoms with E-state index in [9.17, 15) is 5.11 Å². The Morgan fingerprint density at radius 1 is 1.14 bits per heavy atom. The fourth-order valence-corrected chi connectivity index (χ4v) is 2.53. The normalized spacial score (nSPS) is 12.5. The van der Waals surface area contributed by atoms with Crippen LogP contribution in [0.1, 0.15) is 17.5 Å². The third-order valence-corrected chi connectivity index (χ3v) is 3.70. The summed E-state index contributed by atoms with van der Waals surface area (Å²) in [5, 5.41) is 10.5. The molecule has 4 heteroatoms. The Hall–Kier alpha value is -2.33. The van der Waals surface area contributed by atoms with E-state index < -0.39 is 6.10 Å². The second-order valence-electron chi connectivity index (χ2n) is 5.05. The molecule has 3 rings (SSSR count). The fraction of sp³-hybridized carbons (Fsp3) is 0.235. The maximum Gasteiger partial charge on any atom is 0.118 e. The average molecular weight is 282 g/mol. The smallest absolute Gasteiger partial charge is 0.118 e. The molecule has 0 spiro atoms. The summed E-state index contributed by atoms with van der Waals surface area (Å²) >= 11 is 0. The number of methoxy groups -OCH3 is 1. The molecule has 1 unspecified atom stereocenters. The van der Waals surface area contributed by atoms with Gasteiger partial charge in [-0.3, -0.25) is 0 Å². The molecule has 0 aliphatic carbocycles. The standard InChI is InChI=1S/C17H18N2O2/c1-12-18-15-5-3-4-6-16(15)19(12)11-17(20)13-7-9-14(21-2)10-8-13/h3-10,17,20H,11H2,1-2H3. The minimum Gasteiger partial charge on any atom is -0.497 e. The molecule has 3 aromatic rings. The maximum absolute atomic E-state index is 10.5. The molecule has 1 atom stereocenters. The Morgan fingerprint density at radius 2 is 1.86 bits per heavy atom. The molecule has 2 aromatic carbocycles. The average Bonchev–Trinajstić information content (AvgIpc) is 2.83. The summed E-state index contributed by atoms with van der Waals surface area (Å²) in [5.74, 6) is 1.69. The van der Waals surface area contributed by atoms with Gasteiger partial charge in [-0.25, -0.2) is 4.98 Å². The summed E-state index contributed by atoms with van der Waals surface area (Å²) in [5.41, 5.74) is 2.87. The molecule has 0 aliphatic rings. The van der Waals surface area contributed by atoms with Crippen molar-refractivity contribution in [3.63, 3.8) is 0 Å². The molecule has 1 heterocycles. The summed E-state index contributed by atoms with van der Waals surface area (Å²) < 4.78 is 7.18. The van der Waals surface area contributed by atoms with E-state index in [0.29, 0.717) is 6.54 Å². The number of aromatic nitrogens is 2. The monoisotopic (exact) mass is 282 g/mol. The van der Waals surface area contributed by atoms with Crippen LogP contribution in [0.15, 0.2) is 48.5 Å². The van der Waals surface area contributed by atoms with Crippen molar-refractivity contribution < 1.29 is 9.84 Å². The number of nitrogens with zero attached hydrogens (tertiary/aromatic N) is 2. The molecule has 0 radical (unpaired) electrons. The zero-order chi connectivity index (χ0) is 14.8. The highest BCUT2D eigenvalue weighted by Crippen LogP contribution is 2.22. The molecule has 0 amide bonds. The molecule has 0 saturated carbocycles. The first-order valence-electron chi connectivity index (χ1n) is 6.93. The summed E-state index contributed by atoms with van der Waals surface area (Å²) in [7, 11) is 1.63. The van der Waals surface area contributed by atoms with Crippen molar-refractivity contribution in [2.75, 3.05) is 7.11 Å². The van der Waals surface area contributed by atoms with Gasteiger partial charge in [0.25, 0.3) is 0 Å². The predicted molar refractivity (Wildman–Crippen MR) is 82.4 cm³/mol. The molecular weight excluding hydrogens is 264 g/mol. The Bertz CT molecular complexity index is 747. The Balaban J connectivity index is 1.88. The molecule has 0 bridgehead atoms. The predicted octanol–water partition coefficient (Wildman–Crippen LogP) is 3.09. The number of aliphatic hydroxyl groups excluding tert-OH is 1. The molecule has 0 saturated heterocycles. The molecule has 1 N–H and O–H groups in total. The Kier molecular flexibility index (Phi) is 3.62. The van der Waals surface area contributed by atoms with Crippen LogP contribution in [0.25, 0.3) is 11.0 Å². The number of benzene rings is 2. The molecule has 108 valence electrons. The number of aryl methyl sites for hydroxylation is 1. The number of hydrogen-bond acceptors (Lipinski definition) is 3. The van der Waals surface area contributed by atoms with Crippen molar-refractivity contribution in [1.82, 2.24) is 9.55 Å². The first-order valence-corrected chi connectivity index (χ1v) is 6.93. The minimum atomic E-state index is -0.577. The van der Waals surface area contributed by atoms with Gasteiger partial charge in [-0.1, -0.05) is 24.3 Å². The number of rotatable bonds is 4. The molecule has 0 fully saturated rings. The second kappa shape index (κ2) is 5.58. The van der Waals surface area contributed by atoms with Gasteiger partial charge in [-0.05, 0) is 36.8 Å². The van der Waals surface area contributed by atoms with Crippen molar-refractivity contribution in [3.05, 3.63) is 59.9 Å². The van der Waals surface area contributed by atoms with Crippen LogP contribution in [0.2, 0.25) is 0 Å². The van der Waals surface area contributed by atoms with Gasteiger partial charge in [0.1, 0.15) is 11.6 Å². The van der Waals surface area contributed by atoms with Gasteiger partial charge in [0.15, 0.2) is 0 Å². The van der Waals surface area contributed by atoms with Crippen LogP contribution in [-0.2, 0) is 6.54 Å². The third kappa shape index (κ3) is 2.62. The van der Waals surface area contributed by atoms with E-state index in [1.165, 1.54) is 0 Å². The van der Waals surface area contributed by atoms with Crippen LogP contribution in [0.3, 0.4) is 0 Å². The van der Waals surface area contributed by atoms with Crippen LogP contribution in [0.4, 0.5) is 0 Å². The van der Waals surface area contributed by atoms with Gasteiger partial charge in [0.2, 0.25) is 0 Å². The number of imidazole rings is 1. The number of hydrogen-bond donors (Lipinski definition) is 1. The van der Waals surface area contributed by atoms with Crippen molar-refractivity contribution >= 4 is 11.0 Å². The van der Waals surface area contributed by atoms with E-state index >= 15 is 0 Å². The van der Waals surface area contributed by atoms with E-state index in [-0.39, 0.29) is 0 Å².